The number of hydrogen-bond acceptors (Lipinski definition) is 2. The Morgan fingerprint density at radius 1 is 1.46 bits per heavy atom. The first-order chi connectivity index (χ1) is 6.15. The van der Waals surface area contributed by atoms with E-state index in [1.54, 1.807) is 20.0 Å². The van der Waals surface area contributed by atoms with Crippen molar-refractivity contribution in [3.8, 4) is 0 Å². The lowest BCUT2D eigenvalue weighted by Gasteiger charge is -2.02. The van der Waals surface area contributed by atoms with E-state index in [-0.39, 0.29) is 5.82 Å². The maximum absolute atomic E-state index is 13.3. The van der Waals surface area contributed by atoms with Crippen LogP contribution in [0.2, 0.25) is 0 Å². The van der Waals surface area contributed by atoms with Crippen LogP contribution in [0, 0.1) is 12.7 Å². The molecule has 0 aliphatic carbocycles. The summed E-state index contributed by atoms with van der Waals surface area (Å²) in [5, 5.41) is 3.91. The Morgan fingerprint density at radius 2 is 2.15 bits per heavy atom. The molecule has 70 valence electrons. The van der Waals surface area contributed by atoms with Crippen molar-refractivity contribution < 1.29 is 4.39 Å². The molecule has 2 nitrogen and oxygen atoms in total. The molecule has 0 bridgehead atoms. The molecule has 1 rings (SSSR count). The van der Waals surface area contributed by atoms with Crippen LogP contribution in [0.4, 0.5) is 4.39 Å². The van der Waals surface area contributed by atoms with Crippen molar-refractivity contribution in [2.75, 3.05) is 7.05 Å². The smallest absolute Gasteiger partial charge is 0.132 e. The Morgan fingerprint density at radius 3 is 2.69 bits per heavy atom. The van der Waals surface area contributed by atoms with E-state index >= 15 is 0 Å². The zero-order valence-electron chi connectivity index (χ0n) is 8.06. The van der Waals surface area contributed by atoms with Crippen LogP contribution < -0.4 is 5.43 Å². The van der Waals surface area contributed by atoms with Crippen molar-refractivity contribution in [3.05, 3.63) is 35.1 Å². The monoisotopic (exact) mass is 180 g/mol. The van der Waals surface area contributed by atoms with Crippen molar-refractivity contribution in [2.45, 2.75) is 13.8 Å². The molecule has 13 heavy (non-hydrogen) atoms. The predicted octanol–water partition coefficient (Wildman–Crippen LogP) is 2.08. The summed E-state index contributed by atoms with van der Waals surface area (Å²) in [5.41, 5.74) is 4.74. The van der Waals surface area contributed by atoms with E-state index in [0.717, 1.165) is 5.56 Å². The van der Waals surface area contributed by atoms with E-state index in [1.807, 2.05) is 13.0 Å². The lowest BCUT2D eigenvalue weighted by atomic mass is 10.1. The lowest BCUT2D eigenvalue weighted by Crippen LogP contribution is -2.05. The molecule has 0 unspecified atom stereocenters. The van der Waals surface area contributed by atoms with Gasteiger partial charge in [0.15, 0.2) is 0 Å². The summed E-state index contributed by atoms with van der Waals surface area (Å²) in [4.78, 5) is 0. The molecular formula is C10H13FN2. The quantitative estimate of drug-likeness (QED) is 0.547. The van der Waals surface area contributed by atoms with Crippen LogP contribution in [0.5, 0.6) is 0 Å². The van der Waals surface area contributed by atoms with E-state index in [4.69, 9.17) is 0 Å². The summed E-state index contributed by atoms with van der Waals surface area (Å²) in [5.74, 6) is -0.225. The van der Waals surface area contributed by atoms with E-state index in [1.165, 1.54) is 6.07 Å². The third-order valence-corrected chi connectivity index (χ3v) is 1.79. The third kappa shape index (κ3) is 2.28. The van der Waals surface area contributed by atoms with Crippen molar-refractivity contribution in [1.29, 1.82) is 0 Å². The van der Waals surface area contributed by atoms with Crippen molar-refractivity contribution in [1.82, 2.24) is 5.43 Å². The highest BCUT2D eigenvalue weighted by Gasteiger charge is 2.04. The van der Waals surface area contributed by atoms with Gasteiger partial charge in [0.1, 0.15) is 5.82 Å². The fourth-order valence-corrected chi connectivity index (χ4v) is 1.14. The second-order valence-electron chi connectivity index (χ2n) is 2.90. The van der Waals surface area contributed by atoms with Gasteiger partial charge in [0.05, 0.1) is 5.71 Å². The molecule has 0 saturated carbocycles. The van der Waals surface area contributed by atoms with Gasteiger partial charge in [0.25, 0.3) is 0 Å². The number of halogens is 1. The normalized spacial score (nSPS) is 11.5. The zero-order chi connectivity index (χ0) is 9.84. The highest BCUT2D eigenvalue weighted by Crippen LogP contribution is 2.10. The van der Waals surface area contributed by atoms with Gasteiger partial charge in [-0.2, -0.15) is 5.10 Å². The number of rotatable bonds is 2. The van der Waals surface area contributed by atoms with Gasteiger partial charge in [0, 0.05) is 12.6 Å². The molecule has 1 aromatic carbocycles. The molecule has 0 heterocycles. The van der Waals surface area contributed by atoms with Crippen LogP contribution in [0.25, 0.3) is 0 Å². The van der Waals surface area contributed by atoms with E-state index in [2.05, 4.69) is 10.5 Å². The highest BCUT2D eigenvalue weighted by atomic mass is 19.1. The fourth-order valence-electron chi connectivity index (χ4n) is 1.14. The average Bonchev–Trinajstić information content (AvgIpc) is 2.04. The molecule has 0 aliphatic rings. The van der Waals surface area contributed by atoms with Gasteiger partial charge in [-0.15, -0.1) is 0 Å². The van der Waals surface area contributed by atoms with E-state index in [0.29, 0.717) is 11.3 Å². The molecule has 0 radical (unpaired) electrons. The first-order valence-electron chi connectivity index (χ1n) is 4.12. The Balaban J connectivity index is 3.09. The Kier molecular flexibility index (Phi) is 3.01. The van der Waals surface area contributed by atoms with E-state index < -0.39 is 0 Å². The maximum Gasteiger partial charge on any atom is 0.132 e. The topological polar surface area (TPSA) is 24.4 Å². The minimum Gasteiger partial charge on any atom is -0.313 e. The number of nitrogens with one attached hydrogen (secondary N) is 1. The molecule has 0 amide bonds. The molecule has 0 spiro atoms. The molecule has 0 fully saturated rings. The minimum atomic E-state index is -0.225. The summed E-state index contributed by atoms with van der Waals surface area (Å²) < 4.78 is 13.3. The van der Waals surface area contributed by atoms with Crippen LogP contribution in [0.3, 0.4) is 0 Å². The standard InChI is InChI=1S/C10H13FN2/c1-7-4-5-9(10(11)6-7)8(2)13-12-3/h4-6,12H,1-3H3/b13-8+. The number of hydrazone groups is 1. The van der Waals surface area contributed by atoms with Crippen molar-refractivity contribution in [2.24, 2.45) is 5.10 Å². The molecule has 0 saturated heterocycles. The first-order valence-corrected chi connectivity index (χ1v) is 4.12. The Bertz CT molecular complexity index is 332. The number of hydrogen-bond donors (Lipinski definition) is 1. The molecule has 0 aromatic heterocycles. The van der Waals surface area contributed by atoms with Crippen LogP contribution in [-0.2, 0) is 0 Å². The largest absolute Gasteiger partial charge is 0.313 e. The molecule has 0 aliphatic heterocycles. The third-order valence-electron chi connectivity index (χ3n) is 1.79. The average molecular weight is 180 g/mol. The summed E-state index contributed by atoms with van der Waals surface area (Å²) in [6.07, 6.45) is 0. The molecular weight excluding hydrogens is 167 g/mol. The summed E-state index contributed by atoms with van der Waals surface area (Å²) in [6, 6.07) is 5.11. The van der Waals surface area contributed by atoms with Crippen LogP contribution in [-0.4, -0.2) is 12.8 Å². The Labute approximate surface area is 77.5 Å². The maximum atomic E-state index is 13.3. The van der Waals surface area contributed by atoms with Gasteiger partial charge in [-0.25, -0.2) is 4.39 Å². The summed E-state index contributed by atoms with van der Waals surface area (Å²) in [7, 11) is 1.69. The fraction of sp³-hybridized carbons (Fsp3) is 0.300. The van der Waals surface area contributed by atoms with E-state index in [9.17, 15) is 4.39 Å². The number of nitrogens with zero attached hydrogens (tertiary/aromatic N) is 1. The molecule has 0 atom stereocenters. The lowest BCUT2D eigenvalue weighted by molar-refractivity contribution is 0.623. The first kappa shape index (κ1) is 9.71. The van der Waals surface area contributed by atoms with Crippen LogP contribution in [0.15, 0.2) is 23.3 Å². The van der Waals surface area contributed by atoms with Gasteiger partial charge in [0.2, 0.25) is 0 Å². The van der Waals surface area contributed by atoms with Gasteiger partial charge in [-0.3, -0.25) is 0 Å². The SMILES string of the molecule is CN/N=C(\C)c1ccc(C)cc1F. The second-order valence-corrected chi connectivity index (χ2v) is 2.90. The number of aryl methyl sites for hydroxylation is 1. The van der Waals surface area contributed by atoms with Gasteiger partial charge in [-0.1, -0.05) is 6.07 Å². The summed E-state index contributed by atoms with van der Waals surface area (Å²) in [6.45, 7) is 3.63. The second kappa shape index (κ2) is 4.03. The van der Waals surface area contributed by atoms with Gasteiger partial charge < -0.3 is 5.43 Å². The van der Waals surface area contributed by atoms with Crippen molar-refractivity contribution in [3.63, 3.8) is 0 Å². The summed E-state index contributed by atoms with van der Waals surface area (Å²) >= 11 is 0. The molecule has 3 heteroatoms. The van der Waals surface area contributed by atoms with Gasteiger partial charge >= 0.3 is 0 Å². The van der Waals surface area contributed by atoms with Gasteiger partial charge in [-0.05, 0) is 31.5 Å². The number of benzene rings is 1. The van der Waals surface area contributed by atoms with Crippen LogP contribution in [0.1, 0.15) is 18.1 Å². The Hall–Kier alpha value is -1.38. The predicted molar refractivity (Wildman–Crippen MR) is 52.4 cm³/mol. The minimum absolute atomic E-state index is 0.225. The highest BCUT2D eigenvalue weighted by molar-refractivity contribution is 5.98. The van der Waals surface area contributed by atoms with Crippen molar-refractivity contribution >= 4 is 5.71 Å². The van der Waals surface area contributed by atoms with Crippen LogP contribution >= 0.6 is 0 Å². The molecule has 1 aromatic rings. The zero-order valence-corrected chi connectivity index (χ0v) is 8.06. The molecule has 1 N–H and O–H groups in total.